The van der Waals surface area contributed by atoms with E-state index in [0.717, 1.165) is 11.3 Å². The fourth-order valence-electron chi connectivity index (χ4n) is 2.70. The number of nitrogens with one attached hydrogen (secondary N) is 2. The van der Waals surface area contributed by atoms with Crippen molar-refractivity contribution in [3.8, 4) is 11.5 Å². The SMILES string of the molecule is Cc1ccc(Cl)cc1NC(=O)c1cncc(Nc2ccc3c(c2)OCO3)c1. The molecular weight excluding hydrogens is 366 g/mol. The molecule has 2 aromatic carbocycles. The van der Waals surface area contributed by atoms with Gasteiger partial charge in [0.2, 0.25) is 6.79 Å². The summed E-state index contributed by atoms with van der Waals surface area (Å²) in [5, 5.41) is 6.64. The number of anilines is 3. The molecule has 1 aliphatic heterocycles. The average Bonchev–Trinajstić information content (AvgIpc) is 3.13. The molecule has 0 radical (unpaired) electrons. The zero-order valence-electron chi connectivity index (χ0n) is 14.5. The number of rotatable bonds is 4. The van der Waals surface area contributed by atoms with Gasteiger partial charge in [0, 0.05) is 28.7 Å². The van der Waals surface area contributed by atoms with E-state index < -0.39 is 0 Å². The Morgan fingerprint density at radius 2 is 1.89 bits per heavy atom. The number of hydrogen-bond acceptors (Lipinski definition) is 5. The lowest BCUT2D eigenvalue weighted by Crippen LogP contribution is -2.13. The molecule has 0 bridgehead atoms. The molecule has 1 aliphatic rings. The van der Waals surface area contributed by atoms with Crippen LogP contribution in [0.25, 0.3) is 0 Å². The molecule has 0 unspecified atom stereocenters. The van der Waals surface area contributed by atoms with E-state index in [1.54, 1.807) is 24.4 Å². The van der Waals surface area contributed by atoms with Crippen LogP contribution in [-0.2, 0) is 0 Å². The van der Waals surface area contributed by atoms with E-state index in [1.807, 2.05) is 31.2 Å². The molecule has 7 heteroatoms. The van der Waals surface area contributed by atoms with E-state index in [0.29, 0.717) is 33.5 Å². The molecule has 0 aliphatic carbocycles. The Hall–Kier alpha value is -3.25. The van der Waals surface area contributed by atoms with Crippen LogP contribution in [-0.4, -0.2) is 17.7 Å². The first-order valence-corrected chi connectivity index (χ1v) is 8.65. The molecule has 3 aromatic rings. The van der Waals surface area contributed by atoms with Crippen molar-refractivity contribution in [3.05, 3.63) is 71.0 Å². The highest BCUT2D eigenvalue weighted by Crippen LogP contribution is 2.35. The van der Waals surface area contributed by atoms with Crippen LogP contribution in [0.4, 0.5) is 17.1 Å². The summed E-state index contributed by atoms with van der Waals surface area (Å²) in [6.07, 6.45) is 3.16. The Labute approximate surface area is 161 Å². The monoisotopic (exact) mass is 381 g/mol. The van der Waals surface area contributed by atoms with Crippen LogP contribution in [0.15, 0.2) is 54.9 Å². The van der Waals surface area contributed by atoms with Crippen molar-refractivity contribution in [2.75, 3.05) is 17.4 Å². The van der Waals surface area contributed by atoms with Crippen molar-refractivity contribution in [2.24, 2.45) is 0 Å². The number of pyridine rings is 1. The van der Waals surface area contributed by atoms with Gasteiger partial charge in [-0.3, -0.25) is 9.78 Å². The largest absolute Gasteiger partial charge is 0.454 e. The van der Waals surface area contributed by atoms with Gasteiger partial charge >= 0.3 is 0 Å². The second-order valence-corrected chi connectivity index (χ2v) is 6.51. The number of carbonyl (C=O) groups is 1. The third kappa shape index (κ3) is 3.80. The van der Waals surface area contributed by atoms with Crippen LogP contribution >= 0.6 is 11.6 Å². The number of fused-ring (bicyclic) bond motifs is 1. The number of halogens is 1. The maximum absolute atomic E-state index is 12.6. The van der Waals surface area contributed by atoms with E-state index in [2.05, 4.69) is 15.6 Å². The Kier molecular flexibility index (Phi) is 4.56. The lowest BCUT2D eigenvalue weighted by atomic mass is 10.2. The molecule has 0 spiro atoms. The fourth-order valence-corrected chi connectivity index (χ4v) is 2.87. The first-order chi connectivity index (χ1) is 13.1. The lowest BCUT2D eigenvalue weighted by molar-refractivity contribution is 0.102. The van der Waals surface area contributed by atoms with E-state index >= 15 is 0 Å². The third-order valence-corrected chi connectivity index (χ3v) is 4.34. The molecule has 27 heavy (non-hydrogen) atoms. The van der Waals surface area contributed by atoms with Gasteiger partial charge in [-0.25, -0.2) is 0 Å². The molecule has 0 saturated heterocycles. The Morgan fingerprint density at radius 3 is 2.78 bits per heavy atom. The second kappa shape index (κ2) is 7.17. The standard InChI is InChI=1S/C20H16ClN3O3/c1-12-2-3-14(21)7-17(12)24-20(25)13-6-16(10-22-9-13)23-15-4-5-18-19(8-15)27-11-26-18/h2-10,23H,11H2,1H3,(H,24,25). The molecule has 4 rings (SSSR count). The smallest absolute Gasteiger partial charge is 0.257 e. The second-order valence-electron chi connectivity index (χ2n) is 6.07. The molecule has 2 heterocycles. The van der Waals surface area contributed by atoms with Gasteiger partial charge in [-0.05, 0) is 42.8 Å². The molecule has 0 saturated carbocycles. The molecule has 1 amide bonds. The maximum Gasteiger partial charge on any atom is 0.257 e. The number of hydrogen-bond donors (Lipinski definition) is 2. The lowest BCUT2D eigenvalue weighted by Gasteiger charge is -2.11. The van der Waals surface area contributed by atoms with Gasteiger partial charge in [-0.2, -0.15) is 0 Å². The van der Waals surface area contributed by atoms with Gasteiger partial charge < -0.3 is 20.1 Å². The Morgan fingerprint density at radius 1 is 1.04 bits per heavy atom. The average molecular weight is 382 g/mol. The number of ether oxygens (including phenoxy) is 2. The van der Waals surface area contributed by atoms with Crippen molar-refractivity contribution in [2.45, 2.75) is 6.92 Å². The minimum Gasteiger partial charge on any atom is -0.454 e. The predicted molar refractivity (Wildman–Crippen MR) is 104 cm³/mol. The minimum atomic E-state index is -0.262. The summed E-state index contributed by atoms with van der Waals surface area (Å²) < 4.78 is 10.7. The number of carbonyl (C=O) groups excluding carboxylic acids is 1. The van der Waals surface area contributed by atoms with Crippen LogP contribution in [0.2, 0.25) is 5.02 Å². The Bertz CT molecular complexity index is 1020. The van der Waals surface area contributed by atoms with Gasteiger partial charge in [-0.1, -0.05) is 17.7 Å². The van der Waals surface area contributed by atoms with Crippen LogP contribution < -0.4 is 20.1 Å². The van der Waals surface area contributed by atoms with Crippen molar-refractivity contribution < 1.29 is 14.3 Å². The summed E-state index contributed by atoms with van der Waals surface area (Å²) in [6.45, 7) is 2.13. The number of amides is 1. The molecule has 0 atom stereocenters. The zero-order chi connectivity index (χ0) is 18.8. The molecule has 6 nitrogen and oxygen atoms in total. The summed E-state index contributed by atoms with van der Waals surface area (Å²) >= 11 is 6.01. The van der Waals surface area contributed by atoms with Crippen molar-refractivity contribution in [1.29, 1.82) is 0 Å². The molecule has 2 N–H and O–H groups in total. The molecule has 1 aromatic heterocycles. The summed E-state index contributed by atoms with van der Waals surface area (Å²) in [4.78, 5) is 16.7. The number of aromatic nitrogens is 1. The highest BCUT2D eigenvalue weighted by Gasteiger charge is 2.14. The van der Waals surface area contributed by atoms with Crippen LogP contribution in [0.1, 0.15) is 15.9 Å². The summed E-state index contributed by atoms with van der Waals surface area (Å²) in [5.41, 5.74) is 3.52. The van der Waals surface area contributed by atoms with Gasteiger partial charge in [0.15, 0.2) is 11.5 Å². The van der Waals surface area contributed by atoms with Gasteiger partial charge in [0.05, 0.1) is 17.4 Å². The first kappa shape index (κ1) is 17.2. The van der Waals surface area contributed by atoms with E-state index in [-0.39, 0.29) is 12.7 Å². The molecule has 0 fully saturated rings. The number of nitrogens with zero attached hydrogens (tertiary/aromatic N) is 1. The van der Waals surface area contributed by atoms with E-state index in [1.165, 1.54) is 6.20 Å². The normalized spacial score (nSPS) is 11.9. The number of benzene rings is 2. The van der Waals surface area contributed by atoms with Gasteiger partial charge in [0.25, 0.3) is 5.91 Å². The first-order valence-electron chi connectivity index (χ1n) is 8.28. The van der Waals surface area contributed by atoms with E-state index in [9.17, 15) is 4.79 Å². The van der Waals surface area contributed by atoms with Crippen LogP contribution in [0.3, 0.4) is 0 Å². The third-order valence-electron chi connectivity index (χ3n) is 4.11. The van der Waals surface area contributed by atoms with Crippen LogP contribution in [0.5, 0.6) is 11.5 Å². The number of aryl methyl sites for hydroxylation is 1. The van der Waals surface area contributed by atoms with Crippen molar-refractivity contribution in [3.63, 3.8) is 0 Å². The summed E-state index contributed by atoms with van der Waals surface area (Å²) in [6, 6.07) is 12.6. The topological polar surface area (TPSA) is 72.5 Å². The van der Waals surface area contributed by atoms with Crippen molar-refractivity contribution in [1.82, 2.24) is 4.98 Å². The van der Waals surface area contributed by atoms with E-state index in [4.69, 9.17) is 21.1 Å². The maximum atomic E-state index is 12.6. The quantitative estimate of drug-likeness (QED) is 0.681. The minimum absolute atomic E-state index is 0.221. The zero-order valence-corrected chi connectivity index (χ0v) is 15.2. The summed E-state index contributed by atoms with van der Waals surface area (Å²) in [7, 11) is 0. The van der Waals surface area contributed by atoms with Crippen LogP contribution in [0, 0.1) is 6.92 Å². The van der Waals surface area contributed by atoms with Crippen molar-refractivity contribution >= 4 is 34.6 Å². The molecular formula is C20H16ClN3O3. The van der Waals surface area contributed by atoms with Gasteiger partial charge in [-0.15, -0.1) is 0 Å². The summed E-state index contributed by atoms with van der Waals surface area (Å²) in [5.74, 6) is 1.13. The highest BCUT2D eigenvalue weighted by atomic mass is 35.5. The van der Waals surface area contributed by atoms with Gasteiger partial charge in [0.1, 0.15) is 0 Å². The Balaban J connectivity index is 1.52. The predicted octanol–water partition coefficient (Wildman–Crippen LogP) is 4.77. The highest BCUT2D eigenvalue weighted by molar-refractivity contribution is 6.31. The molecule has 136 valence electrons. The fraction of sp³-hybridized carbons (Fsp3) is 0.100.